The van der Waals surface area contributed by atoms with Crippen molar-refractivity contribution in [1.29, 1.82) is 0 Å². The standard InChI is InChI=1S/C43H50ClFN2O5/c1-43(2,3)33-11-16-36(17-12-33)51-37-15-10-31-26-47(21-20-29-6-4-5-7-29)41(24-32(31)23-37)42(49)46-34(27-50-28-48)22-30-8-13-35(14-9-30)52-38-18-19-40(45)39(44)25-38/h8-19,23,25,29,34,41,48H,4-7,20-22,24,26-28H2,1-3H3,(H,46,49)/t34-,41-/m0/s1. The first-order chi connectivity index (χ1) is 25.0. The highest BCUT2D eigenvalue weighted by molar-refractivity contribution is 6.30. The van der Waals surface area contributed by atoms with Crippen molar-refractivity contribution in [1.82, 2.24) is 10.2 Å². The van der Waals surface area contributed by atoms with E-state index in [2.05, 4.69) is 55.3 Å². The van der Waals surface area contributed by atoms with Crippen molar-refractivity contribution < 1.29 is 28.5 Å². The Morgan fingerprint density at radius 3 is 2.19 bits per heavy atom. The lowest BCUT2D eigenvalue weighted by atomic mass is 9.87. The third-order valence-electron chi connectivity index (χ3n) is 10.3. The van der Waals surface area contributed by atoms with E-state index >= 15 is 0 Å². The second-order valence-electron chi connectivity index (χ2n) is 15.2. The first-order valence-electron chi connectivity index (χ1n) is 18.4. The summed E-state index contributed by atoms with van der Waals surface area (Å²) in [5, 5.41) is 12.7. The monoisotopic (exact) mass is 728 g/mol. The highest BCUT2D eigenvalue weighted by Gasteiger charge is 2.33. The van der Waals surface area contributed by atoms with Gasteiger partial charge >= 0.3 is 0 Å². The fourth-order valence-corrected chi connectivity index (χ4v) is 7.45. The molecule has 1 fully saturated rings. The topological polar surface area (TPSA) is 80.3 Å². The summed E-state index contributed by atoms with van der Waals surface area (Å²) in [6.45, 7) is 7.86. The molecule has 0 saturated heterocycles. The van der Waals surface area contributed by atoms with Gasteiger partial charge in [-0.2, -0.15) is 0 Å². The molecule has 2 aliphatic rings. The molecule has 0 radical (unpaired) electrons. The van der Waals surface area contributed by atoms with Crippen LogP contribution >= 0.6 is 11.6 Å². The van der Waals surface area contributed by atoms with Gasteiger partial charge in [-0.3, -0.25) is 9.69 Å². The van der Waals surface area contributed by atoms with Crippen LogP contribution in [0, 0.1) is 11.7 Å². The van der Waals surface area contributed by atoms with E-state index in [0.717, 1.165) is 35.6 Å². The van der Waals surface area contributed by atoms with E-state index in [1.807, 2.05) is 42.5 Å². The Labute approximate surface area is 312 Å². The molecule has 1 amide bonds. The number of hydrogen-bond donors (Lipinski definition) is 2. The van der Waals surface area contributed by atoms with Crippen LogP contribution in [0.5, 0.6) is 23.0 Å². The van der Waals surface area contributed by atoms with Gasteiger partial charge in [-0.25, -0.2) is 4.39 Å². The predicted molar refractivity (Wildman–Crippen MR) is 203 cm³/mol. The maximum Gasteiger partial charge on any atom is 0.238 e. The fraction of sp³-hybridized carbons (Fsp3) is 0.419. The minimum atomic E-state index is -0.506. The van der Waals surface area contributed by atoms with Crippen LogP contribution in [0.2, 0.25) is 5.02 Å². The minimum absolute atomic E-state index is 0.00850. The lowest BCUT2D eigenvalue weighted by molar-refractivity contribution is -0.128. The van der Waals surface area contributed by atoms with Gasteiger partial charge in [-0.05, 0) is 108 Å². The average molecular weight is 729 g/mol. The maximum atomic E-state index is 14.2. The summed E-state index contributed by atoms with van der Waals surface area (Å²) < 4.78 is 31.1. The molecule has 2 N–H and O–H groups in total. The van der Waals surface area contributed by atoms with E-state index in [0.29, 0.717) is 36.8 Å². The Morgan fingerprint density at radius 2 is 1.54 bits per heavy atom. The number of amides is 1. The molecule has 276 valence electrons. The van der Waals surface area contributed by atoms with Crippen molar-refractivity contribution in [3.63, 3.8) is 0 Å². The lowest BCUT2D eigenvalue weighted by Crippen LogP contribution is -2.54. The second-order valence-corrected chi connectivity index (χ2v) is 15.6. The molecule has 7 nitrogen and oxygen atoms in total. The van der Waals surface area contributed by atoms with Crippen LogP contribution in [0.25, 0.3) is 0 Å². The molecule has 0 unspecified atom stereocenters. The number of nitrogens with one attached hydrogen (secondary N) is 1. The SMILES string of the molecule is CC(C)(C)c1ccc(Oc2ccc3c(c2)C[C@@H](C(=O)N[C@H](COCO)Cc2ccc(Oc4ccc(F)c(Cl)c4)cc2)N(CCC2CCCC2)C3)cc1. The summed E-state index contributed by atoms with van der Waals surface area (Å²) in [6, 6.07) is 25.5. The molecule has 6 rings (SSSR count). The summed E-state index contributed by atoms with van der Waals surface area (Å²) in [7, 11) is 0. The third-order valence-corrected chi connectivity index (χ3v) is 10.5. The number of halogens is 2. The van der Waals surface area contributed by atoms with Gasteiger partial charge in [0.05, 0.1) is 23.7 Å². The molecule has 0 aromatic heterocycles. The number of benzene rings is 4. The molecule has 1 aliphatic heterocycles. The largest absolute Gasteiger partial charge is 0.457 e. The predicted octanol–water partition coefficient (Wildman–Crippen LogP) is 9.36. The smallest absolute Gasteiger partial charge is 0.238 e. The van der Waals surface area contributed by atoms with Gasteiger partial charge in [-0.1, -0.05) is 88.4 Å². The fourth-order valence-electron chi connectivity index (χ4n) is 7.27. The number of aliphatic hydroxyl groups is 1. The molecule has 1 heterocycles. The molecular formula is C43H50ClFN2O5. The summed E-state index contributed by atoms with van der Waals surface area (Å²) in [5.74, 6) is 2.69. The van der Waals surface area contributed by atoms with Gasteiger partial charge in [0, 0.05) is 12.6 Å². The van der Waals surface area contributed by atoms with Crippen LogP contribution < -0.4 is 14.8 Å². The molecular weight excluding hydrogens is 679 g/mol. The molecule has 2 atom stereocenters. The second kappa shape index (κ2) is 17.3. The molecule has 9 heteroatoms. The molecule has 0 spiro atoms. The van der Waals surface area contributed by atoms with Gasteiger partial charge in [0.2, 0.25) is 5.91 Å². The van der Waals surface area contributed by atoms with E-state index in [1.54, 1.807) is 0 Å². The van der Waals surface area contributed by atoms with Crippen molar-refractivity contribution >= 4 is 17.5 Å². The number of rotatable bonds is 14. The highest BCUT2D eigenvalue weighted by Crippen LogP contribution is 2.33. The van der Waals surface area contributed by atoms with E-state index in [9.17, 15) is 14.3 Å². The van der Waals surface area contributed by atoms with E-state index < -0.39 is 12.6 Å². The number of nitrogens with zero attached hydrogens (tertiary/aromatic N) is 1. The molecule has 0 bridgehead atoms. The van der Waals surface area contributed by atoms with Gasteiger partial charge in [0.15, 0.2) is 0 Å². The average Bonchev–Trinajstić information content (AvgIpc) is 3.65. The van der Waals surface area contributed by atoms with Crippen molar-refractivity contribution in [3.8, 4) is 23.0 Å². The van der Waals surface area contributed by atoms with Crippen LogP contribution in [-0.4, -0.2) is 47.9 Å². The summed E-state index contributed by atoms with van der Waals surface area (Å²) in [4.78, 5) is 16.5. The Morgan fingerprint density at radius 1 is 0.904 bits per heavy atom. The van der Waals surface area contributed by atoms with Crippen LogP contribution in [0.4, 0.5) is 4.39 Å². The normalized spacial score (nSPS) is 17.1. The van der Waals surface area contributed by atoms with Gasteiger partial charge in [-0.15, -0.1) is 0 Å². The van der Waals surface area contributed by atoms with Crippen LogP contribution in [0.3, 0.4) is 0 Å². The molecule has 4 aromatic carbocycles. The Bertz CT molecular complexity index is 1790. The highest BCUT2D eigenvalue weighted by atomic mass is 35.5. The molecule has 52 heavy (non-hydrogen) atoms. The van der Waals surface area contributed by atoms with Crippen molar-refractivity contribution in [2.45, 2.75) is 89.8 Å². The first-order valence-corrected chi connectivity index (χ1v) is 18.8. The van der Waals surface area contributed by atoms with Crippen LogP contribution in [0.1, 0.15) is 75.1 Å². The Hall–Kier alpha value is -3.95. The Kier molecular flexibility index (Phi) is 12.5. The van der Waals surface area contributed by atoms with Crippen molar-refractivity contribution in [2.75, 3.05) is 19.9 Å². The number of hydrogen-bond acceptors (Lipinski definition) is 6. The first kappa shape index (κ1) is 37.8. The van der Waals surface area contributed by atoms with Gasteiger partial charge < -0.3 is 24.6 Å². The number of aliphatic hydroxyl groups excluding tert-OH is 1. The van der Waals surface area contributed by atoms with E-state index in [4.69, 9.17) is 25.8 Å². The number of fused-ring (bicyclic) bond motifs is 1. The summed E-state index contributed by atoms with van der Waals surface area (Å²) >= 11 is 5.91. The van der Waals surface area contributed by atoms with Gasteiger partial charge in [0.1, 0.15) is 35.6 Å². The quantitative estimate of drug-likeness (QED) is 0.126. The van der Waals surface area contributed by atoms with E-state index in [-0.39, 0.29) is 35.0 Å². The third kappa shape index (κ3) is 10.1. The lowest BCUT2D eigenvalue weighted by Gasteiger charge is -2.37. The van der Waals surface area contributed by atoms with Crippen LogP contribution in [0.15, 0.2) is 84.9 Å². The number of carbonyl (C=O) groups excluding carboxylic acids is 1. The summed E-state index contributed by atoms with van der Waals surface area (Å²) in [5.41, 5.74) is 4.60. The zero-order valence-corrected chi connectivity index (χ0v) is 31.1. The summed E-state index contributed by atoms with van der Waals surface area (Å²) in [6.07, 6.45) is 7.26. The molecule has 1 saturated carbocycles. The zero-order chi connectivity index (χ0) is 36.7. The van der Waals surface area contributed by atoms with Gasteiger partial charge in [0.25, 0.3) is 0 Å². The minimum Gasteiger partial charge on any atom is -0.457 e. The zero-order valence-electron chi connectivity index (χ0n) is 30.4. The number of carbonyl (C=O) groups is 1. The number of ether oxygens (including phenoxy) is 3. The van der Waals surface area contributed by atoms with Crippen LogP contribution in [-0.2, 0) is 34.3 Å². The Balaban J connectivity index is 1.15. The van der Waals surface area contributed by atoms with Crippen molar-refractivity contribution in [3.05, 3.63) is 118 Å². The molecule has 4 aromatic rings. The maximum absolute atomic E-state index is 14.2. The van der Waals surface area contributed by atoms with E-state index in [1.165, 1.54) is 55.0 Å². The van der Waals surface area contributed by atoms with Crippen molar-refractivity contribution in [2.24, 2.45) is 5.92 Å². The molecule has 1 aliphatic carbocycles.